The largest absolute Gasteiger partial charge is 0.465 e. The first-order chi connectivity index (χ1) is 11.0. The quantitative estimate of drug-likeness (QED) is 0.707. The molecule has 0 aliphatic carbocycles. The SMILES string of the molecule is COC(=O)c1sc2ncnc(Nc3ccc(C)c(Cl)c3)c2c1C. The second-order valence-electron chi connectivity index (χ2n) is 5.04. The van der Waals surface area contributed by atoms with Gasteiger partial charge in [-0.1, -0.05) is 17.7 Å². The van der Waals surface area contributed by atoms with E-state index >= 15 is 0 Å². The van der Waals surface area contributed by atoms with Crippen molar-refractivity contribution < 1.29 is 9.53 Å². The lowest BCUT2D eigenvalue weighted by molar-refractivity contribution is 0.0605. The standard InChI is InChI=1S/C16H14ClN3O2S/c1-8-4-5-10(6-11(8)17)20-14-12-9(2)13(16(21)22-3)23-15(12)19-7-18-14/h4-7H,1-3H3,(H,18,19,20). The van der Waals surface area contributed by atoms with Crippen molar-refractivity contribution in [1.29, 1.82) is 0 Å². The Labute approximate surface area is 142 Å². The van der Waals surface area contributed by atoms with Gasteiger partial charge in [0.25, 0.3) is 0 Å². The minimum atomic E-state index is -0.366. The zero-order valence-corrected chi connectivity index (χ0v) is 14.4. The Kier molecular flexibility index (Phi) is 4.19. The molecular formula is C16H14ClN3O2S. The number of esters is 1. The molecule has 118 valence electrons. The first-order valence-corrected chi connectivity index (χ1v) is 8.06. The number of aryl methyl sites for hydroxylation is 2. The van der Waals surface area contributed by atoms with Crippen LogP contribution in [0.3, 0.4) is 0 Å². The first kappa shape index (κ1) is 15.7. The van der Waals surface area contributed by atoms with Gasteiger partial charge in [0.2, 0.25) is 0 Å². The summed E-state index contributed by atoms with van der Waals surface area (Å²) in [5.41, 5.74) is 2.63. The summed E-state index contributed by atoms with van der Waals surface area (Å²) >= 11 is 7.46. The normalized spacial score (nSPS) is 10.8. The van der Waals surface area contributed by atoms with Crippen molar-refractivity contribution in [2.75, 3.05) is 12.4 Å². The number of rotatable bonds is 3. The smallest absolute Gasteiger partial charge is 0.348 e. The van der Waals surface area contributed by atoms with E-state index in [1.807, 2.05) is 32.0 Å². The topological polar surface area (TPSA) is 64.1 Å². The van der Waals surface area contributed by atoms with Gasteiger partial charge in [0.15, 0.2) is 0 Å². The number of aromatic nitrogens is 2. The number of ether oxygens (including phenoxy) is 1. The predicted molar refractivity (Wildman–Crippen MR) is 93.0 cm³/mol. The average molecular weight is 348 g/mol. The summed E-state index contributed by atoms with van der Waals surface area (Å²) in [6, 6.07) is 5.70. The molecule has 1 N–H and O–H groups in total. The third-order valence-corrected chi connectivity index (χ3v) is 5.12. The lowest BCUT2D eigenvalue weighted by Gasteiger charge is -2.08. The molecule has 0 aliphatic heterocycles. The molecule has 3 rings (SSSR count). The second-order valence-corrected chi connectivity index (χ2v) is 6.45. The maximum atomic E-state index is 11.9. The van der Waals surface area contributed by atoms with Crippen molar-refractivity contribution in [2.24, 2.45) is 0 Å². The van der Waals surface area contributed by atoms with Gasteiger partial charge in [0.1, 0.15) is 21.9 Å². The average Bonchev–Trinajstić information content (AvgIpc) is 2.88. The van der Waals surface area contributed by atoms with Crippen LogP contribution in [0.15, 0.2) is 24.5 Å². The summed E-state index contributed by atoms with van der Waals surface area (Å²) in [7, 11) is 1.37. The summed E-state index contributed by atoms with van der Waals surface area (Å²) in [6.07, 6.45) is 1.47. The number of thiophene rings is 1. The summed E-state index contributed by atoms with van der Waals surface area (Å²) in [6.45, 7) is 3.81. The van der Waals surface area contributed by atoms with E-state index in [0.29, 0.717) is 15.7 Å². The molecule has 2 aromatic heterocycles. The first-order valence-electron chi connectivity index (χ1n) is 6.87. The highest BCUT2D eigenvalue weighted by molar-refractivity contribution is 7.20. The molecule has 23 heavy (non-hydrogen) atoms. The van der Waals surface area contributed by atoms with E-state index in [1.165, 1.54) is 24.8 Å². The highest BCUT2D eigenvalue weighted by atomic mass is 35.5. The second kappa shape index (κ2) is 6.14. The highest BCUT2D eigenvalue weighted by Gasteiger charge is 2.19. The Morgan fingerprint density at radius 3 is 2.78 bits per heavy atom. The molecule has 0 saturated heterocycles. The monoisotopic (exact) mass is 347 g/mol. The van der Waals surface area contributed by atoms with E-state index in [1.54, 1.807) is 0 Å². The van der Waals surface area contributed by atoms with Gasteiger partial charge in [0.05, 0.1) is 12.5 Å². The molecule has 3 aromatic rings. The number of fused-ring (bicyclic) bond motifs is 1. The summed E-state index contributed by atoms with van der Waals surface area (Å²) in [5, 5.41) is 4.74. The van der Waals surface area contributed by atoms with Gasteiger partial charge in [0, 0.05) is 10.7 Å². The number of carbonyl (C=O) groups is 1. The molecule has 2 heterocycles. The van der Waals surface area contributed by atoms with Gasteiger partial charge < -0.3 is 10.1 Å². The molecule has 0 amide bonds. The zero-order valence-electron chi connectivity index (χ0n) is 12.8. The summed E-state index contributed by atoms with van der Waals surface area (Å²) in [4.78, 5) is 21.7. The van der Waals surface area contributed by atoms with E-state index in [-0.39, 0.29) is 5.97 Å². The molecule has 5 nitrogen and oxygen atoms in total. The number of hydrogen-bond acceptors (Lipinski definition) is 6. The number of carbonyl (C=O) groups excluding carboxylic acids is 1. The van der Waals surface area contributed by atoms with Gasteiger partial charge in [-0.05, 0) is 37.1 Å². The molecule has 0 atom stereocenters. The lowest BCUT2D eigenvalue weighted by atomic mass is 10.2. The fourth-order valence-electron chi connectivity index (χ4n) is 2.26. The predicted octanol–water partition coefficient (Wildman–Crippen LogP) is 4.49. The van der Waals surface area contributed by atoms with Crippen LogP contribution in [-0.2, 0) is 4.74 Å². The summed E-state index contributed by atoms with van der Waals surface area (Å²) < 4.78 is 4.82. The Hall–Kier alpha value is -2.18. The van der Waals surface area contributed by atoms with Crippen LogP contribution in [0.2, 0.25) is 5.02 Å². The number of anilines is 2. The van der Waals surface area contributed by atoms with Crippen LogP contribution in [0, 0.1) is 13.8 Å². The van der Waals surface area contributed by atoms with Gasteiger partial charge in [-0.25, -0.2) is 14.8 Å². The van der Waals surface area contributed by atoms with Crippen LogP contribution in [-0.4, -0.2) is 23.0 Å². The van der Waals surface area contributed by atoms with Crippen LogP contribution in [0.4, 0.5) is 11.5 Å². The molecule has 0 radical (unpaired) electrons. The van der Waals surface area contributed by atoms with Gasteiger partial charge in [-0.2, -0.15) is 0 Å². The number of hydrogen-bond donors (Lipinski definition) is 1. The third-order valence-electron chi connectivity index (χ3n) is 3.53. The molecule has 0 spiro atoms. The number of benzene rings is 1. The van der Waals surface area contributed by atoms with Crippen molar-refractivity contribution in [1.82, 2.24) is 9.97 Å². The van der Waals surface area contributed by atoms with E-state index in [0.717, 1.165) is 27.0 Å². The molecular weight excluding hydrogens is 334 g/mol. The Balaban J connectivity index is 2.08. The molecule has 0 aliphatic rings. The van der Waals surface area contributed by atoms with E-state index in [9.17, 15) is 4.79 Å². The Morgan fingerprint density at radius 2 is 2.09 bits per heavy atom. The number of nitrogens with one attached hydrogen (secondary N) is 1. The van der Waals surface area contributed by atoms with Crippen molar-refractivity contribution in [3.8, 4) is 0 Å². The molecule has 0 saturated carbocycles. The van der Waals surface area contributed by atoms with Gasteiger partial charge >= 0.3 is 5.97 Å². The molecule has 1 aromatic carbocycles. The van der Waals surface area contributed by atoms with Crippen molar-refractivity contribution in [3.63, 3.8) is 0 Å². The van der Waals surface area contributed by atoms with E-state index in [2.05, 4.69) is 15.3 Å². The lowest BCUT2D eigenvalue weighted by Crippen LogP contribution is -2.00. The number of nitrogens with zero attached hydrogens (tertiary/aromatic N) is 2. The van der Waals surface area contributed by atoms with Crippen LogP contribution >= 0.6 is 22.9 Å². The van der Waals surface area contributed by atoms with Crippen LogP contribution in [0.5, 0.6) is 0 Å². The highest BCUT2D eigenvalue weighted by Crippen LogP contribution is 2.35. The van der Waals surface area contributed by atoms with E-state index < -0.39 is 0 Å². The van der Waals surface area contributed by atoms with Crippen LogP contribution < -0.4 is 5.32 Å². The van der Waals surface area contributed by atoms with Gasteiger partial charge in [-0.3, -0.25) is 0 Å². The number of methoxy groups -OCH3 is 1. The summed E-state index contributed by atoms with van der Waals surface area (Å²) in [5.74, 6) is 0.272. The maximum Gasteiger partial charge on any atom is 0.348 e. The molecule has 0 fully saturated rings. The number of halogens is 1. The third kappa shape index (κ3) is 2.87. The van der Waals surface area contributed by atoms with E-state index in [4.69, 9.17) is 16.3 Å². The molecule has 0 bridgehead atoms. The minimum Gasteiger partial charge on any atom is -0.465 e. The Morgan fingerprint density at radius 1 is 1.30 bits per heavy atom. The van der Waals surface area contributed by atoms with Crippen molar-refractivity contribution >= 4 is 50.6 Å². The van der Waals surface area contributed by atoms with Crippen LogP contribution in [0.1, 0.15) is 20.8 Å². The molecule has 0 unspecified atom stereocenters. The minimum absolute atomic E-state index is 0.366. The van der Waals surface area contributed by atoms with Crippen molar-refractivity contribution in [3.05, 3.63) is 45.6 Å². The fourth-order valence-corrected chi connectivity index (χ4v) is 3.51. The fraction of sp³-hybridized carbons (Fsp3) is 0.188. The molecule has 7 heteroatoms. The van der Waals surface area contributed by atoms with Gasteiger partial charge in [-0.15, -0.1) is 11.3 Å². The maximum absolute atomic E-state index is 11.9. The van der Waals surface area contributed by atoms with Crippen molar-refractivity contribution in [2.45, 2.75) is 13.8 Å². The Bertz CT molecular complexity index is 908. The van der Waals surface area contributed by atoms with Crippen LogP contribution in [0.25, 0.3) is 10.2 Å². The zero-order chi connectivity index (χ0) is 16.6.